The van der Waals surface area contributed by atoms with Gasteiger partial charge < -0.3 is 4.90 Å². The molecule has 1 aromatic heterocycles. The second-order valence-corrected chi connectivity index (χ2v) is 5.06. The third-order valence-electron chi connectivity index (χ3n) is 2.08. The number of aromatic nitrogens is 2. The molecular formula is C10H15ClIN3. The van der Waals surface area contributed by atoms with E-state index in [0.29, 0.717) is 11.9 Å². The first kappa shape index (κ1) is 13.0. The van der Waals surface area contributed by atoms with Gasteiger partial charge in [0.25, 0.3) is 0 Å². The SMILES string of the molecule is CC(C)N(CCCCl)c1ncncc1I. The summed E-state index contributed by atoms with van der Waals surface area (Å²) < 4.78 is 1.08. The van der Waals surface area contributed by atoms with Gasteiger partial charge >= 0.3 is 0 Å². The Bertz CT molecular complexity index is 306. The lowest BCUT2D eigenvalue weighted by Gasteiger charge is -2.28. The fraction of sp³-hybridized carbons (Fsp3) is 0.600. The standard InChI is InChI=1S/C10H15ClIN3/c1-8(2)15(5-3-4-11)10-9(12)6-13-7-14-10/h6-8H,3-5H2,1-2H3. The molecule has 1 aromatic rings. The molecule has 15 heavy (non-hydrogen) atoms. The molecule has 84 valence electrons. The Hall–Kier alpha value is -0.100. The van der Waals surface area contributed by atoms with Crippen LogP contribution in [-0.4, -0.2) is 28.4 Å². The maximum absolute atomic E-state index is 5.72. The van der Waals surface area contributed by atoms with Gasteiger partial charge in [-0.05, 0) is 42.9 Å². The average Bonchev–Trinajstić information content (AvgIpc) is 2.20. The molecule has 0 saturated heterocycles. The van der Waals surface area contributed by atoms with Gasteiger partial charge in [0.1, 0.15) is 12.1 Å². The van der Waals surface area contributed by atoms with Crippen molar-refractivity contribution in [2.24, 2.45) is 0 Å². The lowest BCUT2D eigenvalue weighted by atomic mass is 10.3. The minimum atomic E-state index is 0.427. The summed E-state index contributed by atoms with van der Waals surface area (Å²) in [6.45, 7) is 5.26. The summed E-state index contributed by atoms with van der Waals surface area (Å²) in [5, 5.41) is 0. The van der Waals surface area contributed by atoms with E-state index < -0.39 is 0 Å². The zero-order valence-corrected chi connectivity index (χ0v) is 11.9. The molecule has 1 heterocycles. The van der Waals surface area contributed by atoms with Gasteiger partial charge in [-0.25, -0.2) is 9.97 Å². The molecule has 0 aliphatic rings. The minimum absolute atomic E-state index is 0.427. The van der Waals surface area contributed by atoms with E-state index in [1.54, 1.807) is 6.33 Å². The van der Waals surface area contributed by atoms with Crippen molar-refractivity contribution in [3.8, 4) is 0 Å². The molecule has 0 N–H and O–H groups in total. The van der Waals surface area contributed by atoms with Crippen molar-refractivity contribution >= 4 is 40.0 Å². The molecule has 0 saturated carbocycles. The number of hydrogen-bond donors (Lipinski definition) is 0. The first-order valence-corrected chi connectivity index (χ1v) is 6.56. The summed E-state index contributed by atoms with van der Waals surface area (Å²) in [7, 11) is 0. The lowest BCUT2D eigenvalue weighted by molar-refractivity contribution is 0.660. The fourth-order valence-electron chi connectivity index (χ4n) is 1.36. The third kappa shape index (κ3) is 3.75. The minimum Gasteiger partial charge on any atom is -0.353 e. The monoisotopic (exact) mass is 339 g/mol. The Labute approximate surface area is 109 Å². The Morgan fingerprint density at radius 1 is 1.53 bits per heavy atom. The molecule has 0 aromatic carbocycles. The van der Waals surface area contributed by atoms with Crippen molar-refractivity contribution in [3.63, 3.8) is 0 Å². The summed E-state index contributed by atoms with van der Waals surface area (Å²) in [5.41, 5.74) is 0. The highest BCUT2D eigenvalue weighted by Crippen LogP contribution is 2.20. The largest absolute Gasteiger partial charge is 0.353 e. The fourth-order valence-corrected chi connectivity index (χ4v) is 2.09. The molecule has 0 spiro atoms. The van der Waals surface area contributed by atoms with Crippen LogP contribution in [0.4, 0.5) is 5.82 Å². The maximum Gasteiger partial charge on any atom is 0.145 e. The number of nitrogens with zero attached hydrogens (tertiary/aromatic N) is 3. The van der Waals surface area contributed by atoms with Crippen LogP contribution in [0.2, 0.25) is 0 Å². The molecule has 0 aliphatic carbocycles. The van der Waals surface area contributed by atoms with Crippen molar-refractivity contribution in [3.05, 3.63) is 16.1 Å². The van der Waals surface area contributed by atoms with Gasteiger partial charge in [0.15, 0.2) is 0 Å². The van der Waals surface area contributed by atoms with E-state index in [2.05, 4.69) is 51.3 Å². The number of alkyl halides is 1. The van der Waals surface area contributed by atoms with E-state index in [-0.39, 0.29) is 0 Å². The maximum atomic E-state index is 5.72. The van der Waals surface area contributed by atoms with Gasteiger partial charge in [0.2, 0.25) is 0 Å². The highest BCUT2D eigenvalue weighted by molar-refractivity contribution is 14.1. The molecule has 1 rings (SSSR count). The number of anilines is 1. The van der Waals surface area contributed by atoms with Crippen LogP contribution in [0.5, 0.6) is 0 Å². The summed E-state index contributed by atoms with van der Waals surface area (Å²) in [6.07, 6.45) is 4.40. The van der Waals surface area contributed by atoms with E-state index in [1.807, 2.05) is 6.20 Å². The Morgan fingerprint density at radius 3 is 2.80 bits per heavy atom. The third-order valence-corrected chi connectivity index (χ3v) is 3.10. The lowest BCUT2D eigenvalue weighted by Crippen LogP contribution is -2.33. The van der Waals surface area contributed by atoms with E-state index in [0.717, 1.165) is 22.4 Å². The zero-order chi connectivity index (χ0) is 11.3. The molecule has 0 aliphatic heterocycles. The van der Waals surface area contributed by atoms with Gasteiger partial charge in [-0.15, -0.1) is 11.6 Å². The topological polar surface area (TPSA) is 29.0 Å². The van der Waals surface area contributed by atoms with Gasteiger partial charge in [-0.3, -0.25) is 0 Å². The molecular weight excluding hydrogens is 324 g/mol. The van der Waals surface area contributed by atoms with Crippen LogP contribution in [0.1, 0.15) is 20.3 Å². The average molecular weight is 340 g/mol. The van der Waals surface area contributed by atoms with Crippen molar-refractivity contribution in [1.82, 2.24) is 9.97 Å². The van der Waals surface area contributed by atoms with Crippen molar-refractivity contribution in [1.29, 1.82) is 0 Å². The summed E-state index contributed by atoms with van der Waals surface area (Å²) in [4.78, 5) is 10.6. The Morgan fingerprint density at radius 2 is 2.27 bits per heavy atom. The van der Waals surface area contributed by atoms with Gasteiger partial charge in [-0.1, -0.05) is 0 Å². The van der Waals surface area contributed by atoms with Crippen molar-refractivity contribution in [2.45, 2.75) is 26.3 Å². The molecule has 0 unspecified atom stereocenters. The van der Waals surface area contributed by atoms with E-state index in [1.165, 1.54) is 0 Å². The van der Waals surface area contributed by atoms with E-state index in [9.17, 15) is 0 Å². The molecule has 5 heteroatoms. The second kappa shape index (κ2) is 6.48. The van der Waals surface area contributed by atoms with E-state index in [4.69, 9.17) is 11.6 Å². The van der Waals surface area contributed by atoms with Crippen LogP contribution < -0.4 is 4.90 Å². The van der Waals surface area contributed by atoms with Crippen molar-refractivity contribution in [2.75, 3.05) is 17.3 Å². The number of rotatable bonds is 5. The first-order chi connectivity index (χ1) is 7.16. The smallest absolute Gasteiger partial charge is 0.145 e. The quantitative estimate of drug-likeness (QED) is 0.610. The molecule has 0 bridgehead atoms. The van der Waals surface area contributed by atoms with Crippen LogP contribution in [-0.2, 0) is 0 Å². The van der Waals surface area contributed by atoms with Gasteiger partial charge in [-0.2, -0.15) is 0 Å². The Balaban J connectivity index is 2.84. The molecule has 3 nitrogen and oxygen atoms in total. The molecule has 0 atom stereocenters. The zero-order valence-electron chi connectivity index (χ0n) is 8.95. The predicted molar refractivity (Wildman–Crippen MR) is 72.6 cm³/mol. The van der Waals surface area contributed by atoms with E-state index >= 15 is 0 Å². The van der Waals surface area contributed by atoms with Crippen LogP contribution in [0.15, 0.2) is 12.5 Å². The highest BCUT2D eigenvalue weighted by atomic mass is 127. The predicted octanol–water partition coefficient (Wildman–Crippen LogP) is 2.92. The van der Waals surface area contributed by atoms with Crippen LogP contribution in [0, 0.1) is 3.57 Å². The molecule has 0 radical (unpaired) electrons. The van der Waals surface area contributed by atoms with Crippen molar-refractivity contribution < 1.29 is 0 Å². The van der Waals surface area contributed by atoms with Gasteiger partial charge in [0.05, 0.1) is 3.57 Å². The Kier molecular flexibility index (Phi) is 5.60. The highest BCUT2D eigenvalue weighted by Gasteiger charge is 2.14. The number of halogens is 2. The first-order valence-electron chi connectivity index (χ1n) is 4.95. The normalized spacial score (nSPS) is 10.7. The van der Waals surface area contributed by atoms with Gasteiger partial charge in [0, 0.05) is 24.7 Å². The molecule has 0 amide bonds. The number of hydrogen-bond acceptors (Lipinski definition) is 3. The van der Waals surface area contributed by atoms with Crippen LogP contribution in [0.3, 0.4) is 0 Å². The van der Waals surface area contributed by atoms with Crippen LogP contribution in [0.25, 0.3) is 0 Å². The summed E-state index contributed by atoms with van der Waals surface area (Å²) in [6, 6.07) is 0.427. The van der Waals surface area contributed by atoms with Crippen LogP contribution >= 0.6 is 34.2 Å². The summed E-state index contributed by atoms with van der Waals surface area (Å²) >= 11 is 7.98. The second-order valence-electron chi connectivity index (χ2n) is 3.52. The molecule has 0 fully saturated rings. The summed E-state index contributed by atoms with van der Waals surface area (Å²) in [5.74, 6) is 1.69.